The van der Waals surface area contributed by atoms with Gasteiger partial charge in [-0.3, -0.25) is 5.10 Å². The van der Waals surface area contributed by atoms with Crippen molar-refractivity contribution >= 4 is 21.5 Å². The third-order valence-corrected chi connectivity index (χ3v) is 6.79. The van der Waals surface area contributed by atoms with Crippen LogP contribution in [0.1, 0.15) is 30.5 Å². The average molecular weight is 415 g/mol. The third-order valence-electron chi connectivity index (χ3n) is 5.77. The topological polar surface area (TPSA) is 47.1 Å². The van der Waals surface area contributed by atoms with Gasteiger partial charge in [0.05, 0.1) is 12.5 Å². The first-order valence-corrected chi connectivity index (χ1v) is 9.73. The molecular weight excluding hydrogens is 392 g/mol. The van der Waals surface area contributed by atoms with Crippen LogP contribution in [0, 0.1) is 5.92 Å². The van der Waals surface area contributed by atoms with Crippen LogP contribution in [0.5, 0.6) is 5.75 Å². The number of hydrogen-bond acceptors (Lipinski definition) is 3. The number of alkyl halides is 1. The second-order valence-corrected chi connectivity index (χ2v) is 8.18. The summed E-state index contributed by atoms with van der Waals surface area (Å²) in [5, 5.41) is 7.42. The predicted molar refractivity (Wildman–Crippen MR) is 106 cm³/mol. The van der Waals surface area contributed by atoms with E-state index >= 15 is 0 Å². The molecule has 0 spiro atoms. The van der Waals surface area contributed by atoms with Gasteiger partial charge in [-0.05, 0) is 64.5 Å². The van der Waals surface area contributed by atoms with E-state index in [2.05, 4.69) is 62.6 Å². The van der Waals surface area contributed by atoms with Crippen molar-refractivity contribution in [3.05, 3.63) is 66.0 Å². The van der Waals surface area contributed by atoms with Gasteiger partial charge in [0.1, 0.15) is 5.75 Å². The Bertz CT molecular complexity index is 824. The van der Waals surface area contributed by atoms with Gasteiger partial charge in [-0.15, -0.1) is 0 Å². The summed E-state index contributed by atoms with van der Waals surface area (Å²) in [6.45, 7) is 0. The van der Waals surface area contributed by atoms with Crippen molar-refractivity contribution in [2.75, 3.05) is 14.2 Å². The van der Waals surface area contributed by atoms with E-state index in [-0.39, 0.29) is 5.41 Å². The standard InChI is InChI=1S/C21H23BrN2O2/c1-25-17-8-6-15(7-9-17)18-14-20(16-4-3-5-16,19-10-13-23-24-19)11-12-21(18,22)26-2/h6-14,16H,3-5H2,1-2H3,(H,23,24). The molecule has 1 N–H and O–H groups in total. The number of H-pyrrole nitrogens is 1. The molecule has 136 valence electrons. The summed E-state index contributed by atoms with van der Waals surface area (Å²) >= 11 is 3.80. The van der Waals surface area contributed by atoms with E-state index in [0.717, 1.165) is 22.6 Å². The Morgan fingerprint density at radius 3 is 2.42 bits per heavy atom. The molecule has 1 saturated carbocycles. The highest BCUT2D eigenvalue weighted by atomic mass is 79.9. The number of rotatable bonds is 5. The van der Waals surface area contributed by atoms with Crippen LogP contribution in [0.2, 0.25) is 0 Å². The Balaban J connectivity index is 1.86. The van der Waals surface area contributed by atoms with Crippen molar-refractivity contribution in [1.29, 1.82) is 0 Å². The van der Waals surface area contributed by atoms with Crippen LogP contribution in [0.4, 0.5) is 0 Å². The van der Waals surface area contributed by atoms with Gasteiger partial charge in [-0.25, -0.2) is 0 Å². The molecular formula is C21H23BrN2O2. The average Bonchev–Trinajstić information content (AvgIpc) is 3.17. The Morgan fingerprint density at radius 2 is 1.88 bits per heavy atom. The Kier molecular flexibility index (Phi) is 4.53. The number of ether oxygens (including phenoxy) is 2. The lowest BCUT2D eigenvalue weighted by Gasteiger charge is -2.45. The van der Waals surface area contributed by atoms with E-state index in [4.69, 9.17) is 9.47 Å². The van der Waals surface area contributed by atoms with Crippen LogP contribution >= 0.6 is 15.9 Å². The van der Waals surface area contributed by atoms with Gasteiger partial charge in [0.25, 0.3) is 0 Å². The maximum atomic E-state index is 5.85. The molecule has 4 rings (SSSR count). The molecule has 2 atom stereocenters. The number of benzene rings is 1. The summed E-state index contributed by atoms with van der Waals surface area (Å²) < 4.78 is 10.5. The van der Waals surface area contributed by atoms with E-state index in [0.29, 0.717) is 5.92 Å². The molecule has 0 amide bonds. The molecule has 2 unspecified atom stereocenters. The van der Waals surface area contributed by atoms with E-state index in [1.807, 2.05) is 18.3 Å². The molecule has 2 aromatic rings. The van der Waals surface area contributed by atoms with Gasteiger partial charge in [0, 0.05) is 24.6 Å². The van der Waals surface area contributed by atoms with Crippen molar-refractivity contribution in [1.82, 2.24) is 10.2 Å². The summed E-state index contributed by atoms with van der Waals surface area (Å²) in [4.78, 5) is 0. The molecule has 0 aliphatic heterocycles. The van der Waals surface area contributed by atoms with Crippen LogP contribution < -0.4 is 4.74 Å². The van der Waals surface area contributed by atoms with Crippen LogP contribution in [0.25, 0.3) is 5.57 Å². The highest BCUT2D eigenvalue weighted by Crippen LogP contribution is 2.52. The Labute approximate surface area is 162 Å². The lowest BCUT2D eigenvalue weighted by molar-refractivity contribution is 0.156. The predicted octanol–water partition coefficient (Wildman–Crippen LogP) is 4.85. The molecule has 1 heterocycles. The zero-order valence-electron chi connectivity index (χ0n) is 15.0. The molecule has 5 heteroatoms. The highest BCUT2D eigenvalue weighted by Gasteiger charge is 2.46. The number of nitrogens with one attached hydrogen (secondary N) is 1. The van der Waals surface area contributed by atoms with Crippen LogP contribution in [-0.2, 0) is 10.2 Å². The number of aromatic amines is 1. The van der Waals surface area contributed by atoms with Crippen LogP contribution in [0.3, 0.4) is 0 Å². The Morgan fingerprint density at radius 1 is 1.12 bits per heavy atom. The quantitative estimate of drug-likeness (QED) is 0.561. The molecule has 2 aliphatic carbocycles. The molecule has 1 fully saturated rings. The molecule has 1 aromatic heterocycles. The van der Waals surface area contributed by atoms with Gasteiger partial charge >= 0.3 is 0 Å². The van der Waals surface area contributed by atoms with Crippen LogP contribution in [-0.4, -0.2) is 28.9 Å². The molecule has 4 nitrogen and oxygen atoms in total. The lowest BCUT2D eigenvalue weighted by atomic mass is 9.61. The summed E-state index contributed by atoms with van der Waals surface area (Å²) in [5.74, 6) is 1.42. The van der Waals surface area contributed by atoms with Crippen molar-refractivity contribution in [3.8, 4) is 5.75 Å². The first-order valence-electron chi connectivity index (χ1n) is 8.93. The number of halogens is 1. The zero-order chi connectivity index (χ0) is 18.2. The minimum absolute atomic E-state index is 0.181. The molecule has 1 aromatic carbocycles. The van der Waals surface area contributed by atoms with E-state index < -0.39 is 4.51 Å². The van der Waals surface area contributed by atoms with Crippen molar-refractivity contribution in [3.63, 3.8) is 0 Å². The zero-order valence-corrected chi connectivity index (χ0v) is 16.6. The highest BCUT2D eigenvalue weighted by molar-refractivity contribution is 9.10. The number of allylic oxidation sites excluding steroid dienone is 2. The lowest BCUT2D eigenvalue weighted by Crippen LogP contribution is -2.41. The van der Waals surface area contributed by atoms with Gasteiger partial charge in [0.15, 0.2) is 4.51 Å². The third kappa shape index (κ3) is 2.74. The van der Waals surface area contributed by atoms with Gasteiger partial charge in [-0.2, -0.15) is 5.10 Å². The molecule has 0 saturated heterocycles. The first kappa shape index (κ1) is 17.6. The fraction of sp³-hybridized carbons (Fsp3) is 0.381. The van der Waals surface area contributed by atoms with Crippen molar-refractivity contribution in [2.24, 2.45) is 5.92 Å². The number of methoxy groups -OCH3 is 2. The molecule has 0 radical (unpaired) electrons. The van der Waals surface area contributed by atoms with E-state index in [1.54, 1.807) is 14.2 Å². The fourth-order valence-electron chi connectivity index (χ4n) is 3.97. The molecule has 0 bridgehead atoms. The summed E-state index contributed by atoms with van der Waals surface area (Å²) in [6, 6.07) is 10.2. The first-order chi connectivity index (χ1) is 12.6. The minimum atomic E-state index is -0.644. The largest absolute Gasteiger partial charge is 0.497 e. The Hall–Kier alpha value is -1.85. The van der Waals surface area contributed by atoms with Gasteiger partial charge in [-0.1, -0.05) is 30.7 Å². The molecule has 2 aliphatic rings. The van der Waals surface area contributed by atoms with Gasteiger partial charge in [0.2, 0.25) is 0 Å². The monoisotopic (exact) mass is 414 g/mol. The second kappa shape index (κ2) is 6.71. The van der Waals surface area contributed by atoms with E-state index in [9.17, 15) is 0 Å². The number of aromatic nitrogens is 2. The molecule has 26 heavy (non-hydrogen) atoms. The summed E-state index contributed by atoms with van der Waals surface area (Å²) in [7, 11) is 3.41. The van der Waals surface area contributed by atoms with Gasteiger partial charge < -0.3 is 9.47 Å². The van der Waals surface area contributed by atoms with Crippen molar-refractivity contribution < 1.29 is 9.47 Å². The number of nitrogens with zero attached hydrogens (tertiary/aromatic N) is 1. The second-order valence-electron chi connectivity index (χ2n) is 7.00. The fourth-order valence-corrected chi connectivity index (χ4v) is 4.45. The smallest absolute Gasteiger partial charge is 0.166 e. The maximum absolute atomic E-state index is 5.85. The normalized spacial score (nSPS) is 28.5. The minimum Gasteiger partial charge on any atom is -0.497 e. The van der Waals surface area contributed by atoms with Crippen LogP contribution in [0.15, 0.2) is 54.8 Å². The SMILES string of the molecule is COc1ccc(C2=CC(c3ccn[nH]3)(C3CCC3)C=CC2(Br)OC)cc1. The van der Waals surface area contributed by atoms with Crippen molar-refractivity contribution in [2.45, 2.75) is 29.2 Å². The maximum Gasteiger partial charge on any atom is 0.166 e. The number of hydrogen-bond donors (Lipinski definition) is 1. The summed E-state index contributed by atoms with van der Waals surface area (Å²) in [6.07, 6.45) is 12.3. The van der Waals surface area contributed by atoms with E-state index in [1.165, 1.54) is 19.3 Å². The summed E-state index contributed by atoms with van der Waals surface area (Å²) in [5.41, 5.74) is 3.17.